The van der Waals surface area contributed by atoms with E-state index in [2.05, 4.69) is 18.7 Å². The van der Waals surface area contributed by atoms with Crippen molar-refractivity contribution in [1.82, 2.24) is 4.90 Å². The van der Waals surface area contributed by atoms with E-state index >= 15 is 0 Å². The van der Waals surface area contributed by atoms with E-state index in [1.807, 2.05) is 6.07 Å². The van der Waals surface area contributed by atoms with Gasteiger partial charge < -0.3 is 14.9 Å². The van der Waals surface area contributed by atoms with E-state index in [0.717, 1.165) is 32.7 Å². The van der Waals surface area contributed by atoms with Crippen LogP contribution in [-0.4, -0.2) is 42.8 Å². The molecule has 2 N–H and O–H groups in total. The molecule has 1 aliphatic heterocycles. The van der Waals surface area contributed by atoms with E-state index < -0.39 is 0 Å². The van der Waals surface area contributed by atoms with Gasteiger partial charge in [-0.2, -0.15) is 0 Å². The topological polar surface area (TPSA) is 51.6 Å². The van der Waals surface area contributed by atoms with Gasteiger partial charge in [-0.1, -0.05) is 0 Å². The molecule has 2 heterocycles. The molecular weight excluding hydrogens is 216 g/mol. The lowest BCUT2D eigenvalue weighted by molar-refractivity contribution is -0.0186. The van der Waals surface area contributed by atoms with Crippen molar-refractivity contribution in [3.63, 3.8) is 0 Å². The van der Waals surface area contributed by atoms with Gasteiger partial charge in [-0.15, -0.1) is 0 Å². The Kier molecular flexibility index (Phi) is 3.86. The van der Waals surface area contributed by atoms with Gasteiger partial charge >= 0.3 is 0 Å². The van der Waals surface area contributed by atoms with Crippen LogP contribution in [0.3, 0.4) is 0 Å². The van der Waals surface area contributed by atoms with Crippen LogP contribution < -0.4 is 5.73 Å². The highest BCUT2D eigenvalue weighted by Gasteiger charge is 2.34. The minimum absolute atomic E-state index is 0.0128. The molecule has 1 aromatic heterocycles. The van der Waals surface area contributed by atoms with E-state index in [0.29, 0.717) is 0 Å². The molecule has 2 rings (SSSR count). The number of rotatable bonds is 4. The van der Waals surface area contributed by atoms with Crippen molar-refractivity contribution in [2.75, 3.05) is 26.3 Å². The van der Waals surface area contributed by atoms with Gasteiger partial charge in [0.1, 0.15) is 0 Å². The number of nitrogens with zero attached hydrogens (tertiary/aromatic N) is 1. The Labute approximate surface area is 103 Å². The van der Waals surface area contributed by atoms with Crippen LogP contribution in [0.4, 0.5) is 0 Å². The second-order valence-electron chi connectivity index (χ2n) is 5.20. The third-order valence-corrected chi connectivity index (χ3v) is 3.77. The molecule has 17 heavy (non-hydrogen) atoms. The van der Waals surface area contributed by atoms with Crippen molar-refractivity contribution >= 4 is 0 Å². The van der Waals surface area contributed by atoms with Crippen LogP contribution in [0.5, 0.6) is 0 Å². The van der Waals surface area contributed by atoms with Crippen molar-refractivity contribution in [1.29, 1.82) is 0 Å². The fraction of sp³-hybridized carbons (Fsp3) is 0.692. The SMILES string of the molecule is CC(C)(C(N)Cc1ccoc1)N1CCOCC1. The molecule has 0 spiro atoms. The average molecular weight is 238 g/mol. The van der Waals surface area contributed by atoms with Crippen LogP contribution >= 0.6 is 0 Å². The van der Waals surface area contributed by atoms with Gasteiger partial charge in [-0.25, -0.2) is 0 Å². The maximum absolute atomic E-state index is 6.35. The smallest absolute Gasteiger partial charge is 0.0935 e. The Bertz CT molecular complexity index is 329. The number of hydrogen-bond donors (Lipinski definition) is 1. The third kappa shape index (κ3) is 2.89. The van der Waals surface area contributed by atoms with Crippen molar-refractivity contribution in [3.05, 3.63) is 24.2 Å². The number of nitrogens with two attached hydrogens (primary N) is 1. The Morgan fingerprint density at radius 3 is 2.71 bits per heavy atom. The first-order chi connectivity index (χ1) is 8.10. The molecule has 0 aromatic carbocycles. The molecule has 1 saturated heterocycles. The summed E-state index contributed by atoms with van der Waals surface area (Å²) >= 11 is 0. The molecule has 1 aliphatic rings. The summed E-state index contributed by atoms with van der Waals surface area (Å²) in [7, 11) is 0. The third-order valence-electron chi connectivity index (χ3n) is 3.77. The highest BCUT2D eigenvalue weighted by atomic mass is 16.5. The number of hydrogen-bond acceptors (Lipinski definition) is 4. The zero-order valence-corrected chi connectivity index (χ0v) is 10.7. The molecular formula is C13H22N2O2. The fourth-order valence-electron chi connectivity index (χ4n) is 2.29. The highest BCUT2D eigenvalue weighted by Crippen LogP contribution is 2.22. The summed E-state index contributed by atoms with van der Waals surface area (Å²) in [6.07, 6.45) is 4.32. The molecule has 4 heteroatoms. The van der Waals surface area contributed by atoms with Crippen LogP contribution in [0, 0.1) is 0 Å². The van der Waals surface area contributed by atoms with Crippen molar-refractivity contribution < 1.29 is 9.15 Å². The Balaban J connectivity index is 1.98. The molecule has 0 saturated carbocycles. The monoisotopic (exact) mass is 238 g/mol. The standard InChI is InChI=1S/C13H22N2O2/c1-13(2,15-4-7-16-8-5-15)12(14)9-11-3-6-17-10-11/h3,6,10,12H,4-5,7-9,14H2,1-2H3. The maximum atomic E-state index is 6.35. The van der Waals surface area contributed by atoms with Gasteiger partial charge in [0.2, 0.25) is 0 Å². The number of morpholine rings is 1. The Morgan fingerprint density at radius 1 is 1.41 bits per heavy atom. The predicted octanol–water partition coefficient (Wildman–Crippen LogP) is 1.26. The van der Waals surface area contributed by atoms with E-state index in [1.165, 1.54) is 5.56 Å². The molecule has 0 aliphatic carbocycles. The molecule has 1 atom stereocenters. The lowest BCUT2D eigenvalue weighted by atomic mass is 9.88. The molecule has 0 bridgehead atoms. The van der Waals surface area contributed by atoms with Crippen molar-refractivity contribution in [2.24, 2.45) is 5.73 Å². The summed E-state index contributed by atoms with van der Waals surface area (Å²) in [6.45, 7) is 7.97. The van der Waals surface area contributed by atoms with Gasteiger partial charge in [0.25, 0.3) is 0 Å². The Morgan fingerprint density at radius 2 is 2.12 bits per heavy atom. The zero-order valence-electron chi connectivity index (χ0n) is 10.7. The molecule has 1 unspecified atom stereocenters. The van der Waals surface area contributed by atoms with Gasteiger partial charge in [-0.3, -0.25) is 4.90 Å². The first-order valence-corrected chi connectivity index (χ1v) is 6.20. The van der Waals surface area contributed by atoms with Crippen LogP contribution in [0.1, 0.15) is 19.4 Å². The first kappa shape index (κ1) is 12.6. The average Bonchev–Trinajstić information content (AvgIpc) is 2.83. The Hall–Kier alpha value is -0.840. The van der Waals surface area contributed by atoms with E-state index in [4.69, 9.17) is 14.9 Å². The molecule has 1 aromatic rings. The number of ether oxygens (including phenoxy) is 1. The normalized spacial score (nSPS) is 20.4. The minimum Gasteiger partial charge on any atom is -0.472 e. The zero-order chi connectivity index (χ0) is 12.3. The van der Waals surface area contributed by atoms with E-state index in [1.54, 1.807) is 12.5 Å². The largest absolute Gasteiger partial charge is 0.472 e. The molecule has 0 amide bonds. The summed E-state index contributed by atoms with van der Waals surface area (Å²) in [5.74, 6) is 0. The predicted molar refractivity (Wildman–Crippen MR) is 66.9 cm³/mol. The summed E-state index contributed by atoms with van der Waals surface area (Å²) < 4.78 is 10.5. The quantitative estimate of drug-likeness (QED) is 0.858. The van der Waals surface area contributed by atoms with Crippen LogP contribution in [0.15, 0.2) is 23.0 Å². The molecule has 4 nitrogen and oxygen atoms in total. The number of furan rings is 1. The van der Waals surface area contributed by atoms with Crippen molar-refractivity contribution in [2.45, 2.75) is 31.8 Å². The summed E-state index contributed by atoms with van der Waals surface area (Å²) in [5, 5.41) is 0. The van der Waals surface area contributed by atoms with Crippen LogP contribution in [0.2, 0.25) is 0 Å². The van der Waals surface area contributed by atoms with Gasteiger partial charge in [0.05, 0.1) is 25.7 Å². The minimum atomic E-state index is -0.0128. The van der Waals surface area contributed by atoms with Gasteiger partial charge in [0, 0.05) is 24.7 Å². The lowest BCUT2D eigenvalue weighted by Gasteiger charge is -2.44. The van der Waals surface area contributed by atoms with E-state index in [-0.39, 0.29) is 11.6 Å². The van der Waals surface area contributed by atoms with E-state index in [9.17, 15) is 0 Å². The van der Waals surface area contributed by atoms with Gasteiger partial charge in [0.15, 0.2) is 0 Å². The molecule has 1 fully saturated rings. The van der Waals surface area contributed by atoms with Crippen LogP contribution in [-0.2, 0) is 11.2 Å². The second kappa shape index (κ2) is 5.21. The van der Waals surface area contributed by atoms with Crippen LogP contribution in [0.25, 0.3) is 0 Å². The van der Waals surface area contributed by atoms with Crippen molar-refractivity contribution in [3.8, 4) is 0 Å². The maximum Gasteiger partial charge on any atom is 0.0935 e. The first-order valence-electron chi connectivity index (χ1n) is 6.20. The summed E-state index contributed by atoms with van der Waals surface area (Å²) in [6, 6.07) is 2.08. The highest BCUT2D eigenvalue weighted by molar-refractivity contribution is 5.10. The molecule has 96 valence electrons. The summed E-state index contributed by atoms with van der Waals surface area (Å²) in [5.41, 5.74) is 7.50. The molecule has 0 radical (unpaired) electrons. The summed E-state index contributed by atoms with van der Waals surface area (Å²) in [4.78, 5) is 2.42. The van der Waals surface area contributed by atoms with Gasteiger partial charge in [-0.05, 0) is 31.9 Å². The fourth-order valence-corrected chi connectivity index (χ4v) is 2.29. The lowest BCUT2D eigenvalue weighted by Crippen LogP contribution is -2.59. The second-order valence-corrected chi connectivity index (χ2v) is 5.20.